The number of benzene rings is 1. The molecule has 2 rings (SSSR count). The molecule has 2 aromatic rings. The lowest BCUT2D eigenvalue weighted by atomic mass is 10.2. The van der Waals surface area contributed by atoms with Crippen molar-refractivity contribution in [1.29, 1.82) is 0 Å². The molecule has 124 valence electrons. The van der Waals surface area contributed by atoms with Crippen LogP contribution in [0.15, 0.2) is 48.7 Å². The topological polar surface area (TPSA) is 48.4 Å². The van der Waals surface area contributed by atoms with E-state index in [2.05, 4.69) is 21.6 Å². The van der Waals surface area contributed by atoms with Gasteiger partial charge in [0.15, 0.2) is 13.2 Å². The Labute approximate surface area is 136 Å². The van der Waals surface area contributed by atoms with E-state index in [1.54, 1.807) is 0 Å². The maximum absolute atomic E-state index is 12.0. The molecular weight excluding hydrogens is 323 g/mol. The van der Waals surface area contributed by atoms with Crippen LogP contribution in [0.5, 0.6) is 5.88 Å². The predicted molar refractivity (Wildman–Crippen MR) is 79.4 cm³/mol. The Morgan fingerprint density at radius 3 is 2.50 bits per heavy atom. The number of halogens is 3. The number of ether oxygens (including phenoxy) is 2. The van der Waals surface area contributed by atoms with Crippen molar-refractivity contribution in [2.24, 2.45) is 0 Å². The third-order valence-electron chi connectivity index (χ3n) is 2.64. The summed E-state index contributed by atoms with van der Waals surface area (Å²) in [6.45, 7) is -1.56. The van der Waals surface area contributed by atoms with Gasteiger partial charge in [-0.3, -0.25) is 0 Å². The molecule has 0 radical (unpaired) electrons. The molecule has 0 aliphatic rings. The van der Waals surface area contributed by atoms with Gasteiger partial charge in [-0.2, -0.15) is 13.2 Å². The number of pyridine rings is 1. The normalized spacial score (nSPS) is 10.5. The van der Waals surface area contributed by atoms with Crippen LogP contribution in [-0.4, -0.2) is 30.3 Å². The number of carbonyl (C=O) groups is 1. The molecule has 0 atom stereocenters. The summed E-state index contributed by atoms with van der Waals surface area (Å²) in [5.41, 5.74) is 0.886. The summed E-state index contributed by atoms with van der Waals surface area (Å²) in [6, 6.07) is 11.6. The lowest BCUT2D eigenvalue weighted by Gasteiger charge is -2.08. The minimum absolute atomic E-state index is 0.0934. The first-order valence-corrected chi connectivity index (χ1v) is 6.81. The second-order valence-corrected chi connectivity index (χ2v) is 4.53. The maximum atomic E-state index is 12.0. The molecule has 0 spiro atoms. The molecule has 0 aliphatic carbocycles. The van der Waals surface area contributed by atoms with Gasteiger partial charge in [-0.25, -0.2) is 9.78 Å². The molecule has 0 aliphatic heterocycles. The average molecular weight is 335 g/mol. The van der Waals surface area contributed by atoms with Crippen LogP contribution in [0, 0.1) is 11.8 Å². The van der Waals surface area contributed by atoms with E-state index in [1.807, 2.05) is 30.3 Å². The van der Waals surface area contributed by atoms with Crippen LogP contribution in [0.25, 0.3) is 0 Å². The largest absolute Gasteiger partial charge is 0.468 e. The molecule has 4 nitrogen and oxygen atoms in total. The van der Waals surface area contributed by atoms with Gasteiger partial charge in [0.05, 0.1) is 5.56 Å². The first-order chi connectivity index (χ1) is 11.4. The fraction of sp³-hybridized carbons (Fsp3) is 0.176. The number of hydrogen-bond donors (Lipinski definition) is 0. The predicted octanol–water partition coefficient (Wildman–Crippen LogP) is 3.23. The van der Waals surface area contributed by atoms with Crippen molar-refractivity contribution in [2.45, 2.75) is 6.18 Å². The zero-order valence-electron chi connectivity index (χ0n) is 12.3. The van der Waals surface area contributed by atoms with Crippen molar-refractivity contribution < 1.29 is 27.4 Å². The SMILES string of the molecule is O=C(OCC#Cc1ccccc1)c1ccc(OCC(F)(F)F)nc1. The van der Waals surface area contributed by atoms with Gasteiger partial charge in [-0.05, 0) is 18.2 Å². The number of esters is 1. The minimum atomic E-state index is -4.45. The van der Waals surface area contributed by atoms with E-state index >= 15 is 0 Å². The molecule has 1 aromatic carbocycles. The second-order valence-electron chi connectivity index (χ2n) is 4.53. The highest BCUT2D eigenvalue weighted by Crippen LogP contribution is 2.17. The molecule has 0 saturated heterocycles. The van der Waals surface area contributed by atoms with E-state index < -0.39 is 18.8 Å². The van der Waals surface area contributed by atoms with Gasteiger partial charge < -0.3 is 9.47 Å². The number of nitrogens with zero attached hydrogens (tertiary/aromatic N) is 1. The Hall–Kier alpha value is -3.01. The van der Waals surface area contributed by atoms with Crippen LogP contribution in [0.2, 0.25) is 0 Å². The van der Waals surface area contributed by atoms with E-state index in [9.17, 15) is 18.0 Å². The Kier molecular flexibility index (Phi) is 5.79. The van der Waals surface area contributed by atoms with Crippen LogP contribution in [0.4, 0.5) is 13.2 Å². The third kappa shape index (κ3) is 6.01. The molecule has 0 bridgehead atoms. The number of alkyl halides is 3. The summed E-state index contributed by atoms with van der Waals surface area (Å²) >= 11 is 0. The minimum Gasteiger partial charge on any atom is -0.468 e. The van der Waals surface area contributed by atoms with Crippen molar-refractivity contribution in [3.8, 4) is 17.7 Å². The molecule has 0 saturated carbocycles. The Bertz CT molecular complexity index is 732. The fourth-order valence-corrected chi connectivity index (χ4v) is 1.59. The van der Waals surface area contributed by atoms with E-state index in [-0.39, 0.29) is 18.1 Å². The molecule has 0 fully saturated rings. The zero-order chi connectivity index (χ0) is 17.4. The standard InChI is InChI=1S/C17H12F3NO3/c18-17(19,20)12-24-15-9-8-14(11-21-15)16(22)23-10-4-7-13-5-2-1-3-6-13/h1-3,5-6,8-9,11H,10,12H2. The average Bonchev–Trinajstić information content (AvgIpc) is 2.57. The van der Waals surface area contributed by atoms with E-state index in [4.69, 9.17) is 4.74 Å². The van der Waals surface area contributed by atoms with Gasteiger partial charge >= 0.3 is 12.1 Å². The van der Waals surface area contributed by atoms with Crippen molar-refractivity contribution in [1.82, 2.24) is 4.98 Å². The van der Waals surface area contributed by atoms with E-state index in [0.29, 0.717) is 0 Å². The van der Waals surface area contributed by atoms with Crippen LogP contribution in [-0.2, 0) is 4.74 Å². The monoisotopic (exact) mass is 335 g/mol. The van der Waals surface area contributed by atoms with Crippen LogP contribution < -0.4 is 4.74 Å². The Morgan fingerprint density at radius 2 is 1.88 bits per heavy atom. The zero-order valence-corrected chi connectivity index (χ0v) is 12.3. The maximum Gasteiger partial charge on any atom is 0.422 e. The number of aromatic nitrogens is 1. The fourth-order valence-electron chi connectivity index (χ4n) is 1.59. The first-order valence-electron chi connectivity index (χ1n) is 6.81. The van der Waals surface area contributed by atoms with Gasteiger partial charge in [-0.1, -0.05) is 30.0 Å². The third-order valence-corrected chi connectivity index (χ3v) is 2.64. The molecule has 1 aromatic heterocycles. The summed E-state index contributed by atoms with van der Waals surface area (Å²) in [7, 11) is 0. The van der Waals surface area contributed by atoms with Crippen molar-refractivity contribution in [3.05, 3.63) is 59.8 Å². The highest BCUT2D eigenvalue weighted by Gasteiger charge is 2.28. The lowest BCUT2D eigenvalue weighted by molar-refractivity contribution is -0.154. The Balaban J connectivity index is 1.83. The molecule has 0 amide bonds. The van der Waals surface area contributed by atoms with Crippen LogP contribution in [0.1, 0.15) is 15.9 Å². The number of rotatable bonds is 4. The second kappa shape index (κ2) is 8.02. The van der Waals surface area contributed by atoms with Crippen molar-refractivity contribution >= 4 is 5.97 Å². The lowest BCUT2D eigenvalue weighted by Crippen LogP contribution is -2.19. The molecule has 0 N–H and O–H groups in total. The van der Waals surface area contributed by atoms with Gasteiger partial charge in [0, 0.05) is 17.8 Å². The highest BCUT2D eigenvalue weighted by molar-refractivity contribution is 5.89. The van der Waals surface area contributed by atoms with Crippen LogP contribution in [0.3, 0.4) is 0 Å². The molecule has 7 heteroatoms. The summed E-state index contributed by atoms with van der Waals surface area (Å²) in [4.78, 5) is 15.4. The van der Waals surface area contributed by atoms with Crippen molar-refractivity contribution in [2.75, 3.05) is 13.2 Å². The highest BCUT2D eigenvalue weighted by atomic mass is 19.4. The smallest absolute Gasteiger partial charge is 0.422 e. The molecule has 24 heavy (non-hydrogen) atoms. The van der Waals surface area contributed by atoms with E-state index in [0.717, 1.165) is 17.8 Å². The number of carbonyl (C=O) groups excluding carboxylic acids is 1. The summed E-state index contributed by atoms with van der Waals surface area (Å²) in [5.74, 6) is 4.61. The molecule has 1 heterocycles. The van der Waals surface area contributed by atoms with Gasteiger partial charge in [0.2, 0.25) is 5.88 Å². The first kappa shape index (κ1) is 17.3. The summed E-state index contributed by atoms with van der Waals surface area (Å²) in [5, 5.41) is 0. The van der Waals surface area contributed by atoms with Gasteiger partial charge in [0.1, 0.15) is 0 Å². The van der Waals surface area contributed by atoms with Crippen LogP contribution >= 0.6 is 0 Å². The molecule has 0 unspecified atom stereocenters. The number of hydrogen-bond acceptors (Lipinski definition) is 4. The van der Waals surface area contributed by atoms with Crippen molar-refractivity contribution in [3.63, 3.8) is 0 Å². The Morgan fingerprint density at radius 1 is 1.12 bits per heavy atom. The van der Waals surface area contributed by atoms with Gasteiger partial charge in [0.25, 0.3) is 0 Å². The molecular formula is C17H12F3NO3. The van der Waals surface area contributed by atoms with E-state index in [1.165, 1.54) is 6.07 Å². The quantitative estimate of drug-likeness (QED) is 0.636. The van der Waals surface area contributed by atoms with Gasteiger partial charge in [-0.15, -0.1) is 0 Å². The summed E-state index contributed by atoms with van der Waals surface area (Å²) in [6.07, 6.45) is -3.37. The summed E-state index contributed by atoms with van der Waals surface area (Å²) < 4.78 is 45.4.